The zero-order valence-corrected chi connectivity index (χ0v) is 15.1. The third-order valence-electron chi connectivity index (χ3n) is 3.66. The summed E-state index contributed by atoms with van der Waals surface area (Å²) >= 11 is 0. The van der Waals surface area contributed by atoms with Crippen molar-refractivity contribution in [3.63, 3.8) is 0 Å². The van der Waals surface area contributed by atoms with Crippen molar-refractivity contribution in [2.45, 2.75) is 37.6 Å². The Morgan fingerprint density at radius 1 is 1.16 bits per heavy atom. The zero-order valence-electron chi connectivity index (χ0n) is 14.2. The summed E-state index contributed by atoms with van der Waals surface area (Å²) in [5.74, 6) is -0.264. The lowest BCUT2D eigenvalue weighted by molar-refractivity contribution is 0.0952. The van der Waals surface area contributed by atoms with Gasteiger partial charge in [-0.15, -0.1) is 0 Å². The van der Waals surface area contributed by atoms with E-state index in [9.17, 15) is 13.2 Å². The highest BCUT2D eigenvalue weighted by Gasteiger charge is 2.16. The van der Waals surface area contributed by atoms with Crippen LogP contribution in [-0.4, -0.2) is 25.9 Å². The Morgan fingerprint density at radius 3 is 2.72 bits per heavy atom. The lowest BCUT2D eigenvalue weighted by Gasteiger charge is -2.09. The van der Waals surface area contributed by atoms with Gasteiger partial charge in [-0.2, -0.15) is 0 Å². The molecule has 0 aliphatic carbocycles. The first-order valence-electron chi connectivity index (χ1n) is 8.30. The molecule has 1 aromatic heterocycles. The molecule has 0 saturated carbocycles. The van der Waals surface area contributed by atoms with Gasteiger partial charge in [0.2, 0.25) is 10.0 Å². The molecule has 2 rings (SSSR count). The molecule has 1 aromatic carbocycles. The minimum Gasteiger partial charge on any atom is -0.352 e. The highest BCUT2D eigenvalue weighted by Crippen LogP contribution is 2.12. The maximum Gasteiger partial charge on any atom is 0.251 e. The summed E-state index contributed by atoms with van der Waals surface area (Å²) in [6, 6.07) is 9.57. The van der Waals surface area contributed by atoms with E-state index >= 15 is 0 Å². The molecule has 0 atom stereocenters. The van der Waals surface area contributed by atoms with Gasteiger partial charge in [0.1, 0.15) is 0 Å². The van der Waals surface area contributed by atoms with E-state index in [1.165, 1.54) is 12.1 Å². The van der Waals surface area contributed by atoms with Crippen molar-refractivity contribution in [3.8, 4) is 0 Å². The second kappa shape index (κ2) is 9.29. The van der Waals surface area contributed by atoms with Crippen LogP contribution in [0.25, 0.3) is 0 Å². The summed E-state index contributed by atoms with van der Waals surface area (Å²) in [5.41, 5.74) is 1.09. The number of carbonyl (C=O) groups excluding carboxylic acids is 1. The molecule has 0 aliphatic heterocycles. The van der Waals surface area contributed by atoms with Gasteiger partial charge in [0, 0.05) is 31.0 Å². The predicted molar refractivity (Wildman–Crippen MR) is 96.6 cm³/mol. The van der Waals surface area contributed by atoms with Gasteiger partial charge in [-0.1, -0.05) is 31.9 Å². The fourth-order valence-corrected chi connectivity index (χ4v) is 3.31. The number of hydrogen-bond donors (Lipinski definition) is 2. The third-order valence-corrected chi connectivity index (χ3v) is 5.06. The number of sulfonamides is 1. The summed E-state index contributed by atoms with van der Waals surface area (Å²) in [5, 5.41) is 2.81. The molecule has 25 heavy (non-hydrogen) atoms. The van der Waals surface area contributed by atoms with Gasteiger partial charge in [-0.25, -0.2) is 13.1 Å². The lowest BCUT2D eigenvalue weighted by atomic mass is 10.2. The number of aromatic nitrogens is 1. The topological polar surface area (TPSA) is 88.2 Å². The van der Waals surface area contributed by atoms with Crippen molar-refractivity contribution in [1.82, 2.24) is 15.0 Å². The summed E-state index contributed by atoms with van der Waals surface area (Å²) < 4.78 is 27.4. The number of benzene rings is 1. The number of rotatable bonds is 9. The number of hydrogen-bond acceptors (Lipinski definition) is 4. The average molecular weight is 361 g/mol. The summed E-state index contributed by atoms with van der Waals surface area (Å²) in [6.45, 7) is 2.82. The maximum absolute atomic E-state index is 12.4. The molecular formula is C18H23N3O3S. The molecule has 1 amide bonds. The van der Waals surface area contributed by atoms with Gasteiger partial charge in [-0.3, -0.25) is 9.78 Å². The van der Waals surface area contributed by atoms with Crippen LogP contribution in [0.4, 0.5) is 0 Å². The van der Waals surface area contributed by atoms with E-state index in [1.54, 1.807) is 36.7 Å². The van der Waals surface area contributed by atoms with Gasteiger partial charge >= 0.3 is 0 Å². The molecule has 2 N–H and O–H groups in total. The monoisotopic (exact) mass is 361 g/mol. The Kier molecular flexibility index (Phi) is 7.09. The number of unbranched alkanes of at least 4 members (excludes halogenated alkanes) is 2. The van der Waals surface area contributed by atoms with E-state index in [0.29, 0.717) is 12.1 Å². The Hall–Kier alpha value is -2.25. The Morgan fingerprint density at radius 2 is 2.00 bits per heavy atom. The maximum atomic E-state index is 12.4. The highest BCUT2D eigenvalue weighted by molar-refractivity contribution is 7.89. The zero-order chi connectivity index (χ0) is 18.1. The quantitative estimate of drug-likeness (QED) is 0.672. The Labute approximate surface area is 148 Å². The molecule has 7 heteroatoms. The smallest absolute Gasteiger partial charge is 0.251 e. The van der Waals surface area contributed by atoms with E-state index in [4.69, 9.17) is 0 Å². The molecule has 1 heterocycles. The van der Waals surface area contributed by atoms with E-state index in [0.717, 1.165) is 24.8 Å². The first kappa shape index (κ1) is 19.1. The van der Waals surface area contributed by atoms with Crippen molar-refractivity contribution in [3.05, 3.63) is 59.9 Å². The number of nitrogens with zero attached hydrogens (tertiary/aromatic N) is 1. The van der Waals surface area contributed by atoms with Crippen LogP contribution in [0.2, 0.25) is 0 Å². The first-order valence-corrected chi connectivity index (χ1v) is 9.78. The summed E-state index contributed by atoms with van der Waals surface area (Å²) in [6.07, 6.45) is 6.26. The van der Waals surface area contributed by atoms with Crippen LogP contribution in [-0.2, 0) is 16.6 Å². The SMILES string of the molecule is CCCCCNC(=O)c1cccc(S(=O)(=O)NCc2cccnc2)c1. The fourth-order valence-electron chi connectivity index (χ4n) is 2.25. The van der Waals surface area contributed by atoms with Crippen molar-refractivity contribution in [2.24, 2.45) is 0 Å². The molecule has 0 saturated heterocycles. The predicted octanol–water partition coefficient (Wildman–Crippen LogP) is 2.48. The highest BCUT2D eigenvalue weighted by atomic mass is 32.2. The Bertz CT molecular complexity index is 792. The molecule has 0 aliphatic rings. The van der Waals surface area contributed by atoms with Crippen molar-refractivity contribution < 1.29 is 13.2 Å². The number of carbonyl (C=O) groups is 1. The van der Waals surface area contributed by atoms with E-state index in [1.807, 2.05) is 0 Å². The van der Waals surface area contributed by atoms with Crippen molar-refractivity contribution in [1.29, 1.82) is 0 Å². The molecular weight excluding hydrogens is 338 g/mol. The third kappa shape index (κ3) is 5.95. The number of pyridine rings is 1. The van der Waals surface area contributed by atoms with Crippen molar-refractivity contribution in [2.75, 3.05) is 6.54 Å². The minimum atomic E-state index is -3.70. The number of amides is 1. The molecule has 0 bridgehead atoms. The molecule has 134 valence electrons. The molecule has 6 nitrogen and oxygen atoms in total. The normalized spacial score (nSPS) is 11.2. The van der Waals surface area contributed by atoms with Crippen LogP contribution in [0.3, 0.4) is 0 Å². The summed E-state index contributed by atoms with van der Waals surface area (Å²) in [7, 11) is -3.70. The molecule has 0 radical (unpaired) electrons. The second-order valence-corrected chi connectivity index (χ2v) is 7.44. The van der Waals surface area contributed by atoms with Gasteiger partial charge in [0.25, 0.3) is 5.91 Å². The van der Waals surface area contributed by atoms with E-state index in [2.05, 4.69) is 21.9 Å². The van der Waals surface area contributed by atoms with Crippen LogP contribution >= 0.6 is 0 Å². The van der Waals surface area contributed by atoms with Crippen LogP contribution < -0.4 is 10.0 Å². The van der Waals surface area contributed by atoms with Gasteiger partial charge < -0.3 is 5.32 Å². The molecule has 2 aromatic rings. The summed E-state index contributed by atoms with van der Waals surface area (Å²) in [4.78, 5) is 16.1. The fraction of sp³-hybridized carbons (Fsp3) is 0.333. The minimum absolute atomic E-state index is 0.0672. The van der Waals surface area contributed by atoms with E-state index in [-0.39, 0.29) is 17.3 Å². The van der Waals surface area contributed by atoms with Crippen LogP contribution in [0, 0.1) is 0 Å². The van der Waals surface area contributed by atoms with Gasteiger partial charge in [0.05, 0.1) is 4.90 Å². The van der Waals surface area contributed by atoms with E-state index < -0.39 is 10.0 Å². The molecule has 0 unspecified atom stereocenters. The van der Waals surface area contributed by atoms with Gasteiger partial charge in [0.15, 0.2) is 0 Å². The molecule has 0 fully saturated rings. The second-order valence-electron chi connectivity index (χ2n) is 5.68. The Balaban J connectivity index is 2.02. The van der Waals surface area contributed by atoms with Crippen LogP contribution in [0.5, 0.6) is 0 Å². The largest absolute Gasteiger partial charge is 0.352 e. The number of nitrogens with one attached hydrogen (secondary N) is 2. The standard InChI is InChI=1S/C18H23N3O3S/c1-2-3-4-11-20-18(22)16-8-5-9-17(12-16)25(23,24)21-14-15-7-6-10-19-13-15/h5-10,12-13,21H,2-4,11,14H2,1H3,(H,20,22). The first-order chi connectivity index (χ1) is 12.0. The van der Waals surface area contributed by atoms with Gasteiger partial charge in [-0.05, 0) is 36.2 Å². The lowest BCUT2D eigenvalue weighted by Crippen LogP contribution is -2.26. The average Bonchev–Trinajstić information content (AvgIpc) is 2.64. The van der Waals surface area contributed by atoms with Crippen LogP contribution in [0.1, 0.15) is 42.1 Å². The van der Waals surface area contributed by atoms with Crippen molar-refractivity contribution >= 4 is 15.9 Å². The van der Waals surface area contributed by atoms with Crippen LogP contribution in [0.15, 0.2) is 53.7 Å². The molecule has 0 spiro atoms.